The average molecular weight is 693 g/mol. The van der Waals surface area contributed by atoms with Crippen LogP contribution in [0.2, 0.25) is 0 Å². The van der Waals surface area contributed by atoms with Gasteiger partial charge in [0.2, 0.25) is 6.10 Å². The van der Waals surface area contributed by atoms with E-state index in [-0.39, 0.29) is 18.5 Å². The van der Waals surface area contributed by atoms with Crippen molar-refractivity contribution in [1.29, 1.82) is 0 Å². The predicted octanol–water partition coefficient (Wildman–Crippen LogP) is 11.9. The number of carbonyl (C=O) groups excluding carboxylic acids is 2. The van der Waals surface area contributed by atoms with Gasteiger partial charge in [0.1, 0.15) is 0 Å². The van der Waals surface area contributed by atoms with Crippen molar-refractivity contribution in [3.8, 4) is 0 Å². The van der Waals surface area contributed by atoms with Crippen molar-refractivity contribution in [2.45, 2.75) is 213 Å². The van der Waals surface area contributed by atoms with E-state index in [1.807, 2.05) is 21.0 Å². The Hall–Kier alpha value is -1.66. The largest absolute Gasteiger partial charge is 0.449 e. The molecule has 0 aliphatic rings. The molecule has 0 amide bonds. The average Bonchev–Trinajstić information content (AvgIpc) is 3.09. The fourth-order valence-electron chi connectivity index (χ4n) is 6.14. The molecule has 0 aromatic rings. The highest BCUT2D eigenvalue weighted by molar-refractivity contribution is 5.70. The summed E-state index contributed by atoms with van der Waals surface area (Å²) in [5, 5.41) is 10.1. The van der Waals surface area contributed by atoms with Crippen LogP contribution in [0.5, 0.6) is 0 Å². The molecule has 0 heterocycles. The Morgan fingerprint density at radius 2 is 0.837 bits per heavy atom. The SMILES string of the molecule is CCCCCCCCC=CCCCCCCCC(=O)OC(CO)C(OC(=O)CCCCCCCC=CCCCCCCCC)[N+](C)(C)CC. The van der Waals surface area contributed by atoms with E-state index in [2.05, 4.69) is 38.2 Å². The van der Waals surface area contributed by atoms with Gasteiger partial charge in [0.05, 0.1) is 27.2 Å². The zero-order chi connectivity index (χ0) is 36.3. The number of esters is 2. The van der Waals surface area contributed by atoms with E-state index < -0.39 is 12.3 Å². The highest BCUT2D eigenvalue weighted by Crippen LogP contribution is 2.19. The molecule has 0 spiro atoms. The Morgan fingerprint density at radius 3 is 1.18 bits per heavy atom. The lowest BCUT2D eigenvalue weighted by Gasteiger charge is -2.39. The monoisotopic (exact) mass is 693 g/mol. The summed E-state index contributed by atoms with van der Waals surface area (Å²) in [4.78, 5) is 25.5. The summed E-state index contributed by atoms with van der Waals surface area (Å²) >= 11 is 0. The molecule has 6 nitrogen and oxygen atoms in total. The maximum Gasteiger partial charge on any atom is 0.310 e. The van der Waals surface area contributed by atoms with Crippen LogP contribution in [0.15, 0.2) is 24.3 Å². The molecule has 0 radical (unpaired) electrons. The second kappa shape index (κ2) is 34.8. The van der Waals surface area contributed by atoms with Gasteiger partial charge in [0.25, 0.3) is 6.23 Å². The Kier molecular flexibility index (Phi) is 33.6. The summed E-state index contributed by atoms with van der Waals surface area (Å²) in [5.74, 6) is -0.611. The van der Waals surface area contributed by atoms with Crippen LogP contribution in [-0.2, 0) is 19.1 Å². The number of aliphatic hydroxyl groups is 1. The van der Waals surface area contributed by atoms with Crippen molar-refractivity contribution < 1.29 is 28.7 Å². The molecule has 49 heavy (non-hydrogen) atoms. The number of quaternary nitrogens is 1. The molecule has 6 heteroatoms. The van der Waals surface area contributed by atoms with Crippen molar-refractivity contribution in [2.24, 2.45) is 0 Å². The van der Waals surface area contributed by atoms with Gasteiger partial charge in [0.15, 0.2) is 0 Å². The normalized spacial score (nSPS) is 13.3. The molecule has 0 saturated carbocycles. The summed E-state index contributed by atoms with van der Waals surface area (Å²) in [5.41, 5.74) is 0. The van der Waals surface area contributed by atoms with E-state index in [0.717, 1.165) is 51.4 Å². The van der Waals surface area contributed by atoms with Gasteiger partial charge in [0, 0.05) is 12.8 Å². The molecule has 1 N–H and O–H groups in total. The number of hydrogen-bond acceptors (Lipinski definition) is 5. The van der Waals surface area contributed by atoms with E-state index >= 15 is 0 Å². The molecule has 0 aliphatic carbocycles. The number of hydrogen-bond donors (Lipinski definition) is 1. The molecule has 2 unspecified atom stereocenters. The van der Waals surface area contributed by atoms with E-state index in [1.54, 1.807) is 0 Å². The zero-order valence-corrected chi connectivity index (χ0v) is 33.2. The standard InChI is InChI=1S/C43H82NO5/c1-6-9-11-13-15-17-19-21-23-25-27-29-31-33-35-37-41(46)48-40(39-45)43(44(4,5)8-3)49-42(47)38-36-34-32-30-28-26-24-22-20-18-16-14-12-10-7-2/h21-24,40,43,45H,6-20,25-39H2,1-5H3/q+1. The highest BCUT2D eigenvalue weighted by atomic mass is 16.6. The molecule has 0 fully saturated rings. The number of unbranched alkanes of at least 4 members (excludes halogenated alkanes) is 22. The van der Waals surface area contributed by atoms with Crippen molar-refractivity contribution in [1.82, 2.24) is 0 Å². The second-order valence-electron chi connectivity index (χ2n) is 14.9. The van der Waals surface area contributed by atoms with Crippen LogP contribution < -0.4 is 0 Å². The van der Waals surface area contributed by atoms with Crippen molar-refractivity contribution in [3.63, 3.8) is 0 Å². The predicted molar refractivity (Wildman–Crippen MR) is 208 cm³/mol. The molecule has 2 atom stereocenters. The molecule has 0 aromatic carbocycles. The number of aliphatic hydroxyl groups excluding tert-OH is 1. The third-order valence-electron chi connectivity index (χ3n) is 9.82. The van der Waals surface area contributed by atoms with Crippen LogP contribution in [0, 0.1) is 0 Å². The quantitative estimate of drug-likeness (QED) is 0.0233. The van der Waals surface area contributed by atoms with E-state index in [4.69, 9.17) is 9.47 Å². The van der Waals surface area contributed by atoms with Gasteiger partial charge in [-0.05, 0) is 71.1 Å². The summed E-state index contributed by atoms with van der Waals surface area (Å²) < 4.78 is 11.9. The first-order chi connectivity index (χ1) is 23.8. The smallest absolute Gasteiger partial charge is 0.310 e. The molecule has 0 saturated heterocycles. The Labute approximate surface area is 304 Å². The second-order valence-corrected chi connectivity index (χ2v) is 14.9. The van der Waals surface area contributed by atoms with E-state index in [1.165, 1.54) is 116 Å². The summed E-state index contributed by atoms with van der Waals surface area (Å²) in [7, 11) is 3.89. The lowest BCUT2D eigenvalue weighted by molar-refractivity contribution is -0.937. The van der Waals surface area contributed by atoms with Gasteiger partial charge >= 0.3 is 11.9 Å². The molecule has 0 rings (SSSR count). The van der Waals surface area contributed by atoms with Crippen LogP contribution in [0.25, 0.3) is 0 Å². The van der Waals surface area contributed by atoms with Gasteiger partial charge in [-0.1, -0.05) is 141 Å². The molecule has 0 bridgehead atoms. The summed E-state index contributed by atoms with van der Waals surface area (Å²) in [6.07, 6.45) is 39.8. The van der Waals surface area contributed by atoms with Gasteiger partial charge in [-0.2, -0.15) is 0 Å². The fourth-order valence-corrected chi connectivity index (χ4v) is 6.14. The molecular formula is C43H82NO5+. The first-order valence-corrected chi connectivity index (χ1v) is 20.9. The number of ether oxygens (including phenoxy) is 2. The van der Waals surface area contributed by atoms with Crippen LogP contribution in [0.4, 0.5) is 0 Å². The Balaban J connectivity index is 4.18. The van der Waals surface area contributed by atoms with Crippen LogP contribution in [-0.4, -0.2) is 61.1 Å². The van der Waals surface area contributed by atoms with Crippen molar-refractivity contribution in [2.75, 3.05) is 27.2 Å². The molecule has 288 valence electrons. The van der Waals surface area contributed by atoms with Gasteiger partial charge in [-0.3, -0.25) is 14.1 Å². The van der Waals surface area contributed by atoms with E-state index in [0.29, 0.717) is 23.9 Å². The minimum atomic E-state index is -0.872. The number of allylic oxidation sites excluding steroid dienone is 4. The third-order valence-corrected chi connectivity index (χ3v) is 9.82. The zero-order valence-electron chi connectivity index (χ0n) is 33.2. The summed E-state index contributed by atoms with van der Waals surface area (Å²) in [6, 6.07) is 0. The van der Waals surface area contributed by atoms with Crippen LogP contribution in [0.1, 0.15) is 201 Å². The molecule has 0 aromatic heterocycles. The fraction of sp³-hybridized carbons (Fsp3) is 0.860. The van der Waals surface area contributed by atoms with Gasteiger partial charge in [-0.15, -0.1) is 0 Å². The third kappa shape index (κ3) is 29.7. The first kappa shape index (κ1) is 47.3. The topological polar surface area (TPSA) is 72.8 Å². The van der Waals surface area contributed by atoms with Gasteiger partial charge < -0.3 is 14.6 Å². The summed E-state index contributed by atoms with van der Waals surface area (Å²) in [6.45, 7) is 6.83. The number of likely N-dealkylation sites (N-methyl/N-ethyl adjacent to an activating group) is 1. The van der Waals surface area contributed by atoms with Crippen LogP contribution in [0.3, 0.4) is 0 Å². The van der Waals surface area contributed by atoms with Gasteiger partial charge in [-0.25, -0.2) is 0 Å². The lowest BCUT2D eigenvalue weighted by Crippen LogP contribution is -2.58. The van der Waals surface area contributed by atoms with E-state index in [9.17, 15) is 14.7 Å². The van der Waals surface area contributed by atoms with Crippen molar-refractivity contribution in [3.05, 3.63) is 24.3 Å². The van der Waals surface area contributed by atoms with Crippen molar-refractivity contribution >= 4 is 11.9 Å². The maximum atomic E-state index is 12.8. The number of nitrogens with zero attached hydrogens (tertiary/aromatic N) is 1. The first-order valence-electron chi connectivity index (χ1n) is 20.9. The van der Waals surface area contributed by atoms with Crippen LogP contribution >= 0.6 is 0 Å². The molecule has 0 aliphatic heterocycles. The number of carbonyl (C=O) groups is 2. The minimum Gasteiger partial charge on any atom is -0.449 e. The molecular weight excluding hydrogens is 610 g/mol. The Bertz CT molecular complexity index is 808. The minimum absolute atomic E-state index is 0.283. The maximum absolute atomic E-state index is 12.8. The number of rotatable bonds is 36. The highest BCUT2D eigenvalue weighted by Gasteiger charge is 2.40. The lowest BCUT2D eigenvalue weighted by atomic mass is 10.1. The Morgan fingerprint density at radius 1 is 0.510 bits per heavy atom.